The van der Waals surface area contributed by atoms with Crippen LogP contribution in [0.5, 0.6) is 0 Å². The van der Waals surface area contributed by atoms with Crippen molar-refractivity contribution in [3.63, 3.8) is 0 Å². The molecule has 1 aliphatic rings. The van der Waals surface area contributed by atoms with Crippen LogP contribution in [0.2, 0.25) is 0 Å². The van der Waals surface area contributed by atoms with E-state index in [4.69, 9.17) is 0 Å². The highest BCUT2D eigenvalue weighted by molar-refractivity contribution is 5.77. The van der Waals surface area contributed by atoms with Gasteiger partial charge in [-0.3, -0.25) is 0 Å². The lowest BCUT2D eigenvalue weighted by molar-refractivity contribution is 0.211. The first-order chi connectivity index (χ1) is 10.9. The molecule has 0 spiro atoms. The molecule has 130 valence electrons. The largest absolute Gasteiger partial charge is 0.325 e. The van der Waals surface area contributed by atoms with Crippen LogP contribution in [0.1, 0.15) is 78.6 Å². The van der Waals surface area contributed by atoms with Gasteiger partial charge >= 0.3 is 0 Å². The van der Waals surface area contributed by atoms with E-state index >= 15 is 0 Å². The van der Waals surface area contributed by atoms with Gasteiger partial charge in [-0.05, 0) is 45.2 Å². The number of rotatable bonds is 2. The number of alkyl halides is 1. The van der Waals surface area contributed by atoms with Crippen LogP contribution in [0.25, 0.3) is 11.0 Å². The van der Waals surface area contributed by atoms with Crippen LogP contribution in [0, 0.1) is 5.82 Å². The Hall–Kier alpha value is -1.45. The molecule has 0 N–H and O–H groups in total. The number of fused-ring (bicyclic) bond motifs is 1. The molecule has 1 aromatic heterocycles. The number of benzene rings is 1. The Morgan fingerprint density at radius 3 is 2.09 bits per heavy atom. The van der Waals surface area contributed by atoms with E-state index in [1.165, 1.54) is 6.07 Å². The fourth-order valence-electron chi connectivity index (χ4n) is 2.41. The van der Waals surface area contributed by atoms with Gasteiger partial charge in [0, 0.05) is 12.0 Å². The molecule has 1 saturated carbocycles. The number of hydrogen-bond acceptors (Lipinski definition) is 1. The Balaban J connectivity index is 0.000000317. The molecule has 0 unspecified atom stereocenters. The number of para-hydroxylation sites is 1. The predicted octanol–water partition coefficient (Wildman–Crippen LogP) is 6.41. The molecule has 2 aromatic rings. The molecule has 0 bridgehead atoms. The lowest BCUT2D eigenvalue weighted by Gasteiger charge is -2.14. The predicted molar refractivity (Wildman–Crippen MR) is 94.3 cm³/mol. The van der Waals surface area contributed by atoms with Crippen molar-refractivity contribution in [3.8, 4) is 0 Å². The molecule has 1 aromatic carbocycles. The van der Waals surface area contributed by atoms with Gasteiger partial charge in [0.1, 0.15) is 17.5 Å². The first kappa shape index (κ1) is 19.6. The highest BCUT2D eigenvalue weighted by Gasteiger charge is 2.17. The summed E-state index contributed by atoms with van der Waals surface area (Å²) in [6.07, 6.45) is 2.32. The summed E-state index contributed by atoms with van der Waals surface area (Å²) in [5, 5.41) is 0. The van der Waals surface area contributed by atoms with Crippen molar-refractivity contribution in [1.82, 2.24) is 9.55 Å². The lowest BCUT2D eigenvalue weighted by Crippen LogP contribution is -2.09. The SMILES string of the molecule is CC.CC(C)c1nc2c(F)cccc2n1C(C)C.FC1CCC1. The third-order valence-corrected chi connectivity index (χ3v) is 3.77. The molecule has 3 rings (SSSR count). The summed E-state index contributed by atoms with van der Waals surface area (Å²) in [5.74, 6) is 1.02. The second-order valence-electron chi connectivity index (χ2n) is 6.22. The van der Waals surface area contributed by atoms with E-state index in [1.807, 2.05) is 19.9 Å². The maximum Gasteiger partial charge on any atom is 0.151 e. The molecule has 1 fully saturated rings. The van der Waals surface area contributed by atoms with Crippen molar-refractivity contribution in [2.45, 2.75) is 78.9 Å². The molecular formula is C19H30F2N2. The van der Waals surface area contributed by atoms with Gasteiger partial charge in [0.05, 0.1) is 5.52 Å². The Kier molecular flexibility index (Phi) is 7.66. The Bertz CT molecular complexity index is 599. The summed E-state index contributed by atoms with van der Waals surface area (Å²) in [7, 11) is 0. The highest BCUT2D eigenvalue weighted by atomic mass is 19.1. The van der Waals surface area contributed by atoms with Crippen LogP contribution in [-0.2, 0) is 0 Å². The smallest absolute Gasteiger partial charge is 0.151 e. The van der Waals surface area contributed by atoms with E-state index in [-0.39, 0.29) is 5.82 Å². The molecule has 0 amide bonds. The third-order valence-electron chi connectivity index (χ3n) is 3.77. The Labute approximate surface area is 138 Å². The average molecular weight is 324 g/mol. The minimum Gasteiger partial charge on any atom is -0.325 e. The van der Waals surface area contributed by atoms with Crippen molar-refractivity contribution >= 4 is 11.0 Å². The standard InChI is InChI=1S/C13H17FN2.C4H7F.C2H6/c1-8(2)13-15-12-10(14)6-5-7-11(12)16(13)9(3)4;5-4-2-1-3-4;1-2/h5-9H,1-4H3;4H,1-3H2;1-2H3. The van der Waals surface area contributed by atoms with Crippen LogP contribution in [0.15, 0.2) is 18.2 Å². The van der Waals surface area contributed by atoms with Crippen molar-refractivity contribution in [3.05, 3.63) is 29.8 Å². The molecule has 0 atom stereocenters. The van der Waals surface area contributed by atoms with Gasteiger partial charge in [0.2, 0.25) is 0 Å². The van der Waals surface area contributed by atoms with Gasteiger partial charge in [-0.25, -0.2) is 13.8 Å². The van der Waals surface area contributed by atoms with Crippen molar-refractivity contribution < 1.29 is 8.78 Å². The summed E-state index contributed by atoms with van der Waals surface area (Å²) >= 11 is 0. The Morgan fingerprint density at radius 2 is 1.70 bits per heavy atom. The van der Waals surface area contributed by atoms with Crippen molar-refractivity contribution in [2.75, 3.05) is 0 Å². The van der Waals surface area contributed by atoms with Gasteiger partial charge in [-0.1, -0.05) is 33.8 Å². The minimum atomic E-state index is -0.435. The molecule has 0 saturated heterocycles. The van der Waals surface area contributed by atoms with Gasteiger partial charge in [-0.2, -0.15) is 0 Å². The molecule has 0 radical (unpaired) electrons. The van der Waals surface area contributed by atoms with Gasteiger partial charge < -0.3 is 4.57 Å². The monoisotopic (exact) mass is 324 g/mol. The zero-order chi connectivity index (χ0) is 17.6. The van der Waals surface area contributed by atoms with Crippen LogP contribution in [0.4, 0.5) is 8.78 Å². The second-order valence-corrected chi connectivity index (χ2v) is 6.22. The zero-order valence-corrected chi connectivity index (χ0v) is 15.2. The van der Waals surface area contributed by atoms with Crippen molar-refractivity contribution in [2.24, 2.45) is 0 Å². The Morgan fingerprint density at radius 1 is 1.13 bits per heavy atom. The number of aromatic nitrogens is 2. The number of halogens is 2. The number of imidazole rings is 1. The lowest BCUT2D eigenvalue weighted by atomic mass is 9.98. The van der Waals surface area contributed by atoms with E-state index in [0.29, 0.717) is 17.5 Å². The van der Waals surface area contributed by atoms with Crippen molar-refractivity contribution in [1.29, 1.82) is 0 Å². The fraction of sp³-hybridized carbons (Fsp3) is 0.632. The van der Waals surface area contributed by atoms with Crippen LogP contribution >= 0.6 is 0 Å². The molecule has 1 aliphatic carbocycles. The maximum absolute atomic E-state index is 13.6. The normalized spacial score (nSPS) is 14.2. The van der Waals surface area contributed by atoms with Crippen LogP contribution in [0.3, 0.4) is 0 Å². The molecule has 4 heteroatoms. The van der Waals surface area contributed by atoms with Gasteiger partial charge in [0.25, 0.3) is 0 Å². The second kappa shape index (κ2) is 8.99. The maximum atomic E-state index is 13.6. The number of hydrogen-bond donors (Lipinski definition) is 0. The highest BCUT2D eigenvalue weighted by Crippen LogP contribution is 2.27. The van der Waals surface area contributed by atoms with Crippen LogP contribution in [-0.4, -0.2) is 15.7 Å². The molecular weight excluding hydrogens is 294 g/mol. The summed E-state index contributed by atoms with van der Waals surface area (Å²) in [4.78, 5) is 4.42. The average Bonchev–Trinajstić information content (AvgIpc) is 2.89. The van der Waals surface area contributed by atoms with E-state index in [1.54, 1.807) is 6.07 Å². The molecule has 1 heterocycles. The summed E-state index contributed by atoms with van der Waals surface area (Å²) in [6, 6.07) is 5.42. The van der Waals surface area contributed by atoms with E-state index in [2.05, 4.69) is 37.2 Å². The minimum absolute atomic E-state index is 0.237. The molecule has 0 aliphatic heterocycles. The topological polar surface area (TPSA) is 17.8 Å². The third kappa shape index (κ3) is 4.76. The number of nitrogens with zero attached hydrogens (tertiary/aromatic N) is 2. The summed E-state index contributed by atoms with van der Waals surface area (Å²) in [5.41, 5.74) is 1.37. The first-order valence-corrected chi connectivity index (χ1v) is 8.72. The first-order valence-electron chi connectivity index (χ1n) is 8.72. The van der Waals surface area contributed by atoms with Crippen LogP contribution < -0.4 is 0 Å². The molecule has 23 heavy (non-hydrogen) atoms. The molecule has 2 nitrogen and oxygen atoms in total. The summed E-state index contributed by atoms with van der Waals surface area (Å²) < 4.78 is 27.3. The zero-order valence-electron chi connectivity index (χ0n) is 15.2. The fourth-order valence-corrected chi connectivity index (χ4v) is 2.41. The van der Waals surface area contributed by atoms with E-state index in [9.17, 15) is 8.78 Å². The van der Waals surface area contributed by atoms with Gasteiger partial charge in [-0.15, -0.1) is 0 Å². The quantitative estimate of drug-likeness (QED) is 0.623. The van der Waals surface area contributed by atoms with E-state index in [0.717, 1.165) is 30.6 Å². The van der Waals surface area contributed by atoms with E-state index < -0.39 is 6.17 Å². The van der Waals surface area contributed by atoms with Gasteiger partial charge in [0.15, 0.2) is 5.82 Å². The summed E-state index contributed by atoms with van der Waals surface area (Å²) in [6.45, 7) is 12.4.